The molecule has 0 radical (unpaired) electrons. The molecule has 0 spiro atoms. The zero-order valence-corrected chi connectivity index (χ0v) is 18.9. The minimum Gasteiger partial charge on any atom is -0.467 e. The van der Waals surface area contributed by atoms with Crippen LogP contribution in [-0.4, -0.2) is 48.0 Å². The highest BCUT2D eigenvalue weighted by Gasteiger charge is 2.40. The molecule has 1 aliphatic heterocycles. The van der Waals surface area contributed by atoms with Crippen molar-refractivity contribution in [2.24, 2.45) is 0 Å². The summed E-state index contributed by atoms with van der Waals surface area (Å²) in [5.41, 5.74) is 1.92. The molecule has 2 N–H and O–H groups in total. The van der Waals surface area contributed by atoms with Gasteiger partial charge in [0.15, 0.2) is 0 Å². The van der Waals surface area contributed by atoms with Gasteiger partial charge in [0.1, 0.15) is 11.1 Å². The number of hydrogen-bond acceptors (Lipinski definition) is 6. The molecule has 1 saturated heterocycles. The Morgan fingerprint density at radius 2 is 1.81 bits per heavy atom. The molecule has 0 bridgehead atoms. The summed E-state index contributed by atoms with van der Waals surface area (Å²) in [6.45, 7) is 0.107. The second-order valence-electron chi connectivity index (χ2n) is 7.32. The van der Waals surface area contributed by atoms with Crippen LogP contribution >= 0.6 is 11.8 Å². The molecule has 2 heterocycles. The van der Waals surface area contributed by atoms with Crippen molar-refractivity contribution in [2.75, 3.05) is 18.9 Å². The molecule has 3 aromatic rings. The van der Waals surface area contributed by atoms with Gasteiger partial charge in [0.25, 0.3) is 0 Å². The monoisotopic (exact) mass is 472 g/mol. The van der Waals surface area contributed by atoms with Crippen LogP contribution in [0.1, 0.15) is 18.2 Å². The molecule has 2 unspecified atom stereocenters. The van der Waals surface area contributed by atoms with Crippen LogP contribution in [0.5, 0.6) is 0 Å². The Bertz CT molecular complexity index is 1130. The third-order valence-electron chi connectivity index (χ3n) is 5.26. The molecule has 168 valence electrons. The molecule has 4 rings (SSSR count). The van der Waals surface area contributed by atoms with Gasteiger partial charge in [-0.2, -0.15) is 4.31 Å². The van der Waals surface area contributed by atoms with Crippen LogP contribution in [0.2, 0.25) is 0 Å². The Balaban J connectivity index is 1.52. The molecule has 1 aromatic heterocycles. The topological polar surface area (TPSA) is 99.8 Å². The molecule has 2 aromatic carbocycles. The fourth-order valence-electron chi connectivity index (χ4n) is 3.64. The van der Waals surface area contributed by atoms with E-state index in [9.17, 15) is 18.3 Å². The van der Waals surface area contributed by atoms with Crippen molar-refractivity contribution in [2.45, 2.75) is 22.7 Å². The number of furan rings is 1. The summed E-state index contributed by atoms with van der Waals surface area (Å²) in [5, 5.41) is 11.3. The average molecular weight is 473 g/mol. The molecule has 1 aliphatic rings. The Labute approximate surface area is 191 Å². The summed E-state index contributed by atoms with van der Waals surface area (Å²) < 4.78 is 33.2. The van der Waals surface area contributed by atoms with Crippen LogP contribution < -0.4 is 5.32 Å². The number of aliphatic hydroxyl groups excluding tert-OH is 1. The summed E-state index contributed by atoms with van der Waals surface area (Å²) >= 11 is 1.28. The number of rotatable bonds is 8. The molecule has 2 atom stereocenters. The first-order valence-electron chi connectivity index (χ1n) is 10.2. The molecule has 1 fully saturated rings. The minimum atomic E-state index is -3.85. The Hall–Kier alpha value is -2.59. The summed E-state index contributed by atoms with van der Waals surface area (Å²) in [4.78, 5) is 13.1. The number of nitrogens with zero attached hydrogens (tertiary/aromatic N) is 1. The van der Waals surface area contributed by atoms with Crippen LogP contribution in [-0.2, 0) is 14.8 Å². The van der Waals surface area contributed by atoms with E-state index in [0.29, 0.717) is 11.5 Å². The lowest BCUT2D eigenvalue weighted by Crippen LogP contribution is -2.45. The van der Waals surface area contributed by atoms with Gasteiger partial charge in [0, 0.05) is 18.9 Å². The fraction of sp³-hybridized carbons (Fsp3) is 0.261. The second kappa shape index (κ2) is 9.91. The molecule has 0 saturated carbocycles. The minimum absolute atomic E-state index is 0.140. The van der Waals surface area contributed by atoms with Gasteiger partial charge in [0.05, 0.1) is 17.2 Å². The van der Waals surface area contributed by atoms with Crippen LogP contribution in [0.4, 0.5) is 0 Å². The van der Waals surface area contributed by atoms with E-state index >= 15 is 0 Å². The van der Waals surface area contributed by atoms with Crippen molar-refractivity contribution in [3.63, 3.8) is 0 Å². The highest BCUT2D eigenvalue weighted by molar-refractivity contribution is 8.02. The number of amides is 1. The van der Waals surface area contributed by atoms with Gasteiger partial charge < -0.3 is 14.8 Å². The molecular formula is C23H24N2O5S2. The SMILES string of the molecule is O=C(NC(CCO)c1ccco1)C1SCCN1S(=O)(=O)c1ccc(-c2ccccc2)cc1. The molecule has 1 amide bonds. The van der Waals surface area contributed by atoms with E-state index in [1.165, 1.54) is 22.3 Å². The first-order chi connectivity index (χ1) is 15.5. The zero-order chi connectivity index (χ0) is 22.6. The van der Waals surface area contributed by atoms with Gasteiger partial charge in [-0.15, -0.1) is 11.8 Å². The third kappa shape index (κ3) is 4.75. The lowest BCUT2D eigenvalue weighted by molar-refractivity contribution is -0.123. The predicted octanol–water partition coefficient (Wildman–Crippen LogP) is 3.25. The molecule has 9 heteroatoms. The van der Waals surface area contributed by atoms with Gasteiger partial charge in [-0.3, -0.25) is 4.79 Å². The van der Waals surface area contributed by atoms with Gasteiger partial charge in [-0.1, -0.05) is 42.5 Å². The number of carbonyl (C=O) groups excluding carboxylic acids is 1. The molecule has 7 nitrogen and oxygen atoms in total. The fourth-order valence-corrected chi connectivity index (χ4v) is 6.72. The normalized spacial score (nSPS) is 17.8. The van der Waals surface area contributed by atoms with Gasteiger partial charge in [0.2, 0.25) is 15.9 Å². The number of aliphatic hydroxyl groups is 1. The van der Waals surface area contributed by atoms with E-state index in [1.807, 2.05) is 30.3 Å². The highest BCUT2D eigenvalue weighted by atomic mass is 32.2. The second-order valence-corrected chi connectivity index (χ2v) is 10.4. The maximum Gasteiger partial charge on any atom is 0.249 e. The smallest absolute Gasteiger partial charge is 0.249 e. The maximum atomic E-state index is 13.3. The maximum absolute atomic E-state index is 13.3. The lowest BCUT2D eigenvalue weighted by Gasteiger charge is -2.24. The van der Waals surface area contributed by atoms with Gasteiger partial charge >= 0.3 is 0 Å². The van der Waals surface area contributed by atoms with Crippen LogP contribution in [0, 0.1) is 0 Å². The van der Waals surface area contributed by atoms with E-state index in [1.54, 1.807) is 36.4 Å². The average Bonchev–Trinajstić information content (AvgIpc) is 3.52. The van der Waals surface area contributed by atoms with Crippen molar-refractivity contribution < 1.29 is 22.7 Å². The predicted molar refractivity (Wildman–Crippen MR) is 123 cm³/mol. The Kier molecular flexibility index (Phi) is 7.00. The number of hydrogen-bond donors (Lipinski definition) is 2. The molecule has 32 heavy (non-hydrogen) atoms. The Morgan fingerprint density at radius 3 is 2.47 bits per heavy atom. The van der Waals surface area contributed by atoms with E-state index < -0.39 is 27.3 Å². The third-order valence-corrected chi connectivity index (χ3v) is 8.48. The summed E-state index contributed by atoms with van der Waals surface area (Å²) in [6.07, 6.45) is 1.76. The quantitative estimate of drug-likeness (QED) is 0.522. The van der Waals surface area contributed by atoms with Gasteiger partial charge in [-0.05, 0) is 41.8 Å². The number of benzene rings is 2. The van der Waals surface area contributed by atoms with E-state index in [0.717, 1.165) is 11.1 Å². The summed E-state index contributed by atoms with van der Waals surface area (Å²) in [6, 6.07) is 19.3. The van der Waals surface area contributed by atoms with Crippen molar-refractivity contribution in [1.82, 2.24) is 9.62 Å². The number of carbonyl (C=O) groups is 1. The number of nitrogens with one attached hydrogen (secondary N) is 1. The number of sulfonamides is 1. The van der Waals surface area contributed by atoms with Crippen LogP contribution in [0.3, 0.4) is 0 Å². The largest absolute Gasteiger partial charge is 0.467 e. The molecule has 0 aliphatic carbocycles. The molecular weight excluding hydrogens is 448 g/mol. The van der Waals surface area contributed by atoms with Gasteiger partial charge in [-0.25, -0.2) is 8.42 Å². The lowest BCUT2D eigenvalue weighted by atomic mass is 10.1. The van der Waals surface area contributed by atoms with Crippen molar-refractivity contribution >= 4 is 27.7 Å². The zero-order valence-electron chi connectivity index (χ0n) is 17.3. The van der Waals surface area contributed by atoms with Crippen molar-refractivity contribution in [3.05, 3.63) is 78.8 Å². The highest BCUT2D eigenvalue weighted by Crippen LogP contribution is 2.32. The van der Waals surface area contributed by atoms with E-state index in [2.05, 4.69) is 5.32 Å². The summed E-state index contributed by atoms with van der Waals surface area (Å²) in [7, 11) is -3.85. The van der Waals surface area contributed by atoms with E-state index in [4.69, 9.17) is 4.42 Å². The summed E-state index contributed by atoms with van der Waals surface area (Å²) in [5.74, 6) is 0.610. The first kappa shape index (κ1) is 22.6. The first-order valence-corrected chi connectivity index (χ1v) is 12.7. The van der Waals surface area contributed by atoms with Crippen molar-refractivity contribution in [3.8, 4) is 11.1 Å². The van der Waals surface area contributed by atoms with Crippen molar-refractivity contribution in [1.29, 1.82) is 0 Å². The van der Waals surface area contributed by atoms with E-state index in [-0.39, 0.29) is 24.5 Å². The van der Waals surface area contributed by atoms with Crippen LogP contribution in [0.15, 0.2) is 82.3 Å². The van der Waals surface area contributed by atoms with Crippen LogP contribution in [0.25, 0.3) is 11.1 Å². The Morgan fingerprint density at radius 1 is 1.09 bits per heavy atom. The number of thioether (sulfide) groups is 1. The standard InChI is InChI=1S/C23H24N2O5S2/c26-14-12-20(21-7-4-15-30-21)24-22(27)23-25(13-16-31-23)32(28,29)19-10-8-18(9-11-19)17-5-2-1-3-6-17/h1-11,15,20,23,26H,12-14,16H2,(H,24,27).